The van der Waals surface area contributed by atoms with E-state index in [0.717, 1.165) is 11.3 Å². The largest absolute Gasteiger partial charge is 1.00 e. The van der Waals surface area contributed by atoms with Crippen molar-refractivity contribution >= 4 is 5.71 Å². The van der Waals surface area contributed by atoms with Crippen LogP contribution in [0.15, 0.2) is 48.1 Å². The van der Waals surface area contributed by atoms with Crippen LogP contribution in [0.2, 0.25) is 0 Å². The van der Waals surface area contributed by atoms with Crippen LogP contribution in [0.5, 0.6) is 0 Å². The Balaban J connectivity index is 0.00000180. The van der Waals surface area contributed by atoms with Gasteiger partial charge in [-0.15, -0.1) is 0 Å². The van der Waals surface area contributed by atoms with Gasteiger partial charge in [0.25, 0.3) is 0 Å². The Hall–Kier alpha value is -1.37. The second-order valence-electron chi connectivity index (χ2n) is 4.34. The first-order valence-corrected chi connectivity index (χ1v) is 5.87. The van der Waals surface area contributed by atoms with Gasteiger partial charge >= 0.3 is 0 Å². The zero-order chi connectivity index (χ0) is 13.0. The minimum Gasteiger partial charge on any atom is -1.00 e. The number of imidazole rings is 1. The second-order valence-corrected chi connectivity index (χ2v) is 4.34. The molecule has 0 saturated carbocycles. The van der Waals surface area contributed by atoms with Crippen molar-refractivity contribution in [3.05, 3.63) is 54.1 Å². The molecule has 0 spiro atoms. The zero-order valence-corrected chi connectivity index (χ0v) is 13.5. The van der Waals surface area contributed by atoms with Gasteiger partial charge in [0, 0.05) is 5.56 Å². The zero-order valence-electron chi connectivity index (χ0n) is 11.4. The van der Waals surface area contributed by atoms with Gasteiger partial charge < -0.3 is 28.8 Å². The SMILES string of the molecule is CO/N=C(/Cn1cc[n+](C)c1)c1ccc(C)cc1.[I-]. The lowest BCUT2D eigenvalue weighted by Crippen LogP contribution is -3.00. The molecule has 0 aliphatic carbocycles. The van der Waals surface area contributed by atoms with Gasteiger partial charge in [0.15, 0.2) is 0 Å². The van der Waals surface area contributed by atoms with Crippen molar-refractivity contribution < 1.29 is 33.4 Å². The first kappa shape index (κ1) is 15.7. The topological polar surface area (TPSA) is 30.4 Å². The van der Waals surface area contributed by atoms with E-state index >= 15 is 0 Å². The number of oxime groups is 1. The summed E-state index contributed by atoms with van der Waals surface area (Å²) in [7, 11) is 3.57. The molecule has 0 aliphatic rings. The molecule has 1 aromatic carbocycles. The molecule has 5 heteroatoms. The van der Waals surface area contributed by atoms with Crippen LogP contribution in [0.3, 0.4) is 0 Å². The summed E-state index contributed by atoms with van der Waals surface area (Å²) in [5, 5.41) is 4.12. The van der Waals surface area contributed by atoms with E-state index in [2.05, 4.69) is 40.9 Å². The molecule has 1 aromatic heterocycles. The molecule has 102 valence electrons. The number of hydrogen-bond acceptors (Lipinski definition) is 2. The standard InChI is InChI=1S/C14H18N3O.HI/c1-12-4-6-13(7-5-12)14(15-18-3)10-17-9-8-16(2)11-17;/h4-9,11H,10H2,1-3H3;1H/q+1;/p-1/b15-14-;. The summed E-state index contributed by atoms with van der Waals surface area (Å²) >= 11 is 0. The predicted octanol–water partition coefficient (Wildman–Crippen LogP) is -1.32. The number of halogens is 1. The van der Waals surface area contributed by atoms with E-state index in [-0.39, 0.29) is 24.0 Å². The Morgan fingerprint density at radius 2 is 2.00 bits per heavy atom. The Labute approximate surface area is 130 Å². The summed E-state index contributed by atoms with van der Waals surface area (Å²) in [5.41, 5.74) is 3.23. The van der Waals surface area contributed by atoms with Crippen molar-refractivity contribution in [2.24, 2.45) is 12.2 Å². The van der Waals surface area contributed by atoms with E-state index in [1.165, 1.54) is 5.56 Å². The minimum absolute atomic E-state index is 0. The van der Waals surface area contributed by atoms with Crippen LogP contribution in [-0.2, 0) is 18.4 Å². The lowest BCUT2D eigenvalue weighted by Gasteiger charge is -2.04. The highest BCUT2D eigenvalue weighted by atomic mass is 127. The molecule has 0 radical (unpaired) electrons. The third-order valence-corrected chi connectivity index (χ3v) is 2.74. The van der Waals surface area contributed by atoms with E-state index in [0.29, 0.717) is 6.54 Å². The highest BCUT2D eigenvalue weighted by Gasteiger charge is 2.09. The number of aromatic nitrogens is 2. The Kier molecular flexibility index (Phi) is 6.01. The van der Waals surface area contributed by atoms with E-state index < -0.39 is 0 Å². The predicted molar refractivity (Wildman–Crippen MR) is 70.3 cm³/mol. The first-order valence-electron chi connectivity index (χ1n) is 5.87. The molecule has 2 aromatic rings. The monoisotopic (exact) mass is 371 g/mol. The Morgan fingerprint density at radius 3 is 2.53 bits per heavy atom. The maximum atomic E-state index is 4.94. The highest BCUT2D eigenvalue weighted by Crippen LogP contribution is 2.07. The van der Waals surface area contributed by atoms with Gasteiger partial charge in [0.05, 0.1) is 7.05 Å². The van der Waals surface area contributed by atoms with Crippen LogP contribution in [0.1, 0.15) is 11.1 Å². The fourth-order valence-corrected chi connectivity index (χ4v) is 1.80. The summed E-state index contributed by atoms with van der Waals surface area (Å²) in [5.74, 6) is 0. The molecule has 0 atom stereocenters. The highest BCUT2D eigenvalue weighted by molar-refractivity contribution is 6.00. The number of hydrogen-bond donors (Lipinski definition) is 0. The van der Waals surface area contributed by atoms with E-state index in [9.17, 15) is 0 Å². The van der Waals surface area contributed by atoms with Crippen molar-refractivity contribution in [3.63, 3.8) is 0 Å². The van der Waals surface area contributed by atoms with Crippen LogP contribution in [0.4, 0.5) is 0 Å². The average Bonchev–Trinajstić information content (AvgIpc) is 2.75. The molecular formula is C14H18IN3O. The van der Waals surface area contributed by atoms with Gasteiger partial charge in [-0.1, -0.05) is 35.0 Å². The summed E-state index contributed by atoms with van der Waals surface area (Å²) < 4.78 is 4.07. The molecule has 0 saturated heterocycles. The fraction of sp³-hybridized carbons (Fsp3) is 0.286. The van der Waals surface area contributed by atoms with Gasteiger partial charge in [-0.25, -0.2) is 9.13 Å². The number of nitrogens with zero attached hydrogens (tertiary/aromatic N) is 3. The molecule has 0 unspecified atom stereocenters. The Morgan fingerprint density at radius 1 is 1.32 bits per heavy atom. The van der Waals surface area contributed by atoms with Crippen LogP contribution in [0.25, 0.3) is 0 Å². The van der Waals surface area contributed by atoms with Gasteiger partial charge in [-0.05, 0) is 6.92 Å². The molecular weight excluding hydrogens is 353 g/mol. The fourth-order valence-electron chi connectivity index (χ4n) is 1.80. The van der Waals surface area contributed by atoms with Crippen LogP contribution in [-0.4, -0.2) is 17.4 Å². The molecule has 4 nitrogen and oxygen atoms in total. The third kappa shape index (κ3) is 4.34. The summed E-state index contributed by atoms with van der Waals surface area (Å²) in [6, 6.07) is 8.29. The van der Waals surface area contributed by atoms with E-state index in [1.807, 2.05) is 30.3 Å². The Bertz CT molecular complexity index is 546. The number of rotatable bonds is 4. The maximum absolute atomic E-state index is 4.94. The number of benzene rings is 1. The van der Waals surface area contributed by atoms with Crippen LogP contribution >= 0.6 is 0 Å². The molecule has 0 fully saturated rings. The van der Waals surface area contributed by atoms with E-state index in [1.54, 1.807) is 7.11 Å². The normalized spacial score (nSPS) is 11.0. The molecule has 0 amide bonds. The lowest BCUT2D eigenvalue weighted by atomic mass is 10.1. The molecule has 2 rings (SSSR count). The maximum Gasteiger partial charge on any atom is 0.243 e. The van der Waals surface area contributed by atoms with Crippen molar-refractivity contribution in [3.8, 4) is 0 Å². The van der Waals surface area contributed by atoms with Gasteiger partial charge in [0.2, 0.25) is 6.33 Å². The second kappa shape index (κ2) is 7.28. The smallest absolute Gasteiger partial charge is 0.243 e. The van der Waals surface area contributed by atoms with Gasteiger partial charge in [-0.2, -0.15) is 0 Å². The van der Waals surface area contributed by atoms with Crippen LogP contribution < -0.4 is 28.5 Å². The van der Waals surface area contributed by atoms with Crippen molar-refractivity contribution in [2.75, 3.05) is 7.11 Å². The van der Waals surface area contributed by atoms with E-state index in [4.69, 9.17) is 4.84 Å². The molecule has 0 N–H and O–H groups in total. The van der Waals surface area contributed by atoms with Crippen molar-refractivity contribution in [1.82, 2.24) is 4.57 Å². The average molecular weight is 371 g/mol. The summed E-state index contributed by atoms with van der Waals surface area (Å²) in [6.45, 7) is 2.76. The van der Waals surface area contributed by atoms with Crippen molar-refractivity contribution in [2.45, 2.75) is 13.5 Å². The summed E-state index contributed by atoms with van der Waals surface area (Å²) in [4.78, 5) is 4.94. The van der Waals surface area contributed by atoms with Gasteiger partial charge in [0.1, 0.15) is 31.8 Å². The molecule has 0 aliphatic heterocycles. The summed E-state index contributed by atoms with van der Waals surface area (Å²) in [6.07, 6.45) is 6.03. The van der Waals surface area contributed by atoms with Gasteiger partial charge in [-0.3, -0.25) is 0 Å². The third-order valence-electron chi connectivity index (χ3n) is 2.74. The quantitative estimate of drug-likeness (QED) is 0.284. The lowest BCUT2D eigenvalue weighted by molar-refractivity contribution is -0.671. The molecule has 1 heterocycles. The van der Waals surface area contributed by atoms with Crippen LogP contribution in [0, 0.1) is 6.92 Å². The molecule has 0 bridgehead atoms. The minimum atomic E-state index is 0. The molecule has 19 heavy (non-hydrogen) atoms. The van der Waals surface area contributed by atoms with Crippen molar-refractivity contribution in [1.29, 1.82) is 0 Å². The number of aryl methyl sites for hydroxylation is 2. The first-order chi connectivity index (χ1) is 8.69.